The third kappa shape index (κ3) is 3.01. The fourth-order valence-electron chi connectivity index (χ4n) is 3.00. The van der Waals surface area contributed by atoms with Crippen LogP contribution in [0.15, 0.2) is 47.2 Å². The van der Waals surface area contributed by atoms with Gasteiger partial charge in [-0.1, -0.05) is 5.16 Å². The molecule has 7 heteroatoms. The van der Waals surface area contributed by atoms with Crippen molar-refractivity contribution in [3.8, 4) is 34.3 Å². The molecule has 0 N–H and O–H groups in total. The Hall–Kier alpha value is -3.35. The van der Waals surface area contributed by atoms with Crippen molar-refractivity contribution in [3.05, 3.63) is 42.7 Å². The Kier molecular flexibility index (Phi) is 4.27. The molecule has 0 unspecified atom stereocenters. The molecule has 0 aliphatic rings. The van der Waals surface area contributed by atoms with E-state index in [1.807, 2.05) is 36.7 Å². The van der Waals surface area contributed by atoms with E-state index in [0.717, 1.165) is 16.6 Å². The highest BCUT2D eigenvalue weighted by Crippen LogP contribution is 2.33. The van der Waals surface area contributed by atoms with Crippen LogP contribution in [0.3, 0.4) is 0 Å². The van der Waals surface area contributed by atoms with Crippen molar-refractivity contribution < 1.29 is 14.0 Å². The number of methoxy groups -OCH3 is 2. The lowest BCUT2D eigenvalue weighted by atomic mass is 10.1. The molecule has 4 rings (SSSR count). The van der Waals surface area contributed by atoms with Gasteiger partial charge in [0.25, 0.3) is 5.89 Å². The Balaban J connectivity index is 1.75. The summed E-state index contributed by atoms with van der Waals surface area (Å²) < 4.78 is 18.3. The molecule has 2 aromatic carbocycles. The van der Waals surface area contributed by atoms with Crippen LogP contribution in [0.5, 0.6) is 11.5 Å². The second-order valence-electron chi connectivity index (χ2n) is 6.44. The molecule has 0 bridgehead atoms. The molecule has 2 aromatic heterocycles. The van der Waals surface area contributed by atoms with Crippen molar-refractivity contribution in [1.29, 1.82) is 0 Å². The van der Waals surface area contributed by atoms with Crippen LogP contribution < -0.4 is 9.47 Å². The van der Waals surface area contributed by atoms with E-state index in [9.17, 15) is 0 Å². The summed E-state index contributed by atoms with van der Waals surface area (Å²) in [6.45, 7) is 4.24. The van der Waals surface area contributed by atoms with Crippen LogP contribution in [-0.4, -0.2) is 33.9 Å². The van der Waals surface area contributed by atoms with Crippen molar-refractivity contribution in [3.63, 3.8) is 0 Å². The van der Waals surface area contributed by atoms with E-state index in [0.29, 0.717) is 34.8 Å². The zero-order valence-corrected chi connectivity index (χ0v) is 15.6. The van der Waals surface area contributed by atoms with Gasteiger partial charge in [0, 0.05) is 17.7 Å². The first kappa shape index (κ1) is 17.1. The topological polar surface area (TPSA) is 75.2 Å². The average molecular weight is 364 g/mol. The van der Waals surface area contributed by atoms with E-state index >= 15 is 0 Å². The van der Waals surface area contributed by atoms with Crippen LogP contribution in [0.4, 0.5) is 0 Å². The van der Waals surface area contributed by atoms with Gasteiger partial charge in [-0.15, -0.1) is 0 Å². The molecule has 0 saturated heterocycles. The third-order valence-corrected chi connectivity index (χ3v) is 4.45. The second-order valence-corrected chi connectivity index (χ2v) is 6.44. The summed E-state index contributed by atoms with van der Waals surface area (Å²) >= 11 is 0. The molecule has 0 saturated carbocycles. The molecule has 27 heavy (non-hydrogen) atoms. The smallest absolute Gasteiger partial charge is 0.262 e. The summed E-state index contributed by atoms with van der Waals surface area (Å²) in [5.74, 6) is 2.21. The standard InChI is InChI=1S/C20H20N4O3/c1-12(2)24-11-21-16-8-5-13(9-17(16)24)19-22-20(27-23-19)15-7-6-14(25-3)10-18(15)26-4/h5-12H,1-4H3. The fourth-order valence-corrected chi connectivity index (χ4v) is 3.00. The van der Waals surface area contributed by atoms with Crippen LogP contribution in [0.25, 0.3) is 33.9 Å². The predicted molar refractivity (Wildman–Crippen MR) is 102 cm³/mol. The number of ether oxygens (including phenoxy) is 2. The van der Waals surface area contributed by atoms with Crippen molar-refractivity contribution in [1.82, 2.24) is 19.7 Å². The summed E-state index contributed by atoms with van der Waals surface area (Å²) in [6.07, 6.45) is 1.85. The van der Waals surface area contributed by atoms with Crippen molar-refractivity contribution in [2.24, 2.45) is 0 Å². The van der Waals surface area contributed by atoms with Crippen LogP contribution in [0, 0.1) is 0 Å². The molecule has 0 fully saturated rings. The summed E-state index contributed by atoms with van der Waals surface area (Å²) in [4.78, 5) is 8.99. The largest absolute Gasteiger partial charge is 0.497 e. The Labute approximate surface area is 156 Å². The molecular weight excluding hydrogens is 344 g/mol. The first-order valence-corrected chi connectivity index (χ1v) is 8.63. The number of benzene rings is 2. The Morgan fingerprint density at radius 2 is 1.89 bits per heavy atom. The van der Waals surface area contributed by atoms with Gasteiger partial charge in [-0.2, -0.15) is 4.98 Å². The van der Waals surface area contributed by atoms with Gasteiger partial charge in [-0.3, -0.25) is 0 Å². The summed E-state index contributed by atoms with van der Waals surface area (Å²) in [7, 11) is 3.20. The minimum atomic E-state index is 0.314. The van der Waals surface area contributed by atoms with E-state index < -0.39 is 0 Å². The van der Waals surface area contributed by atoms with Crippen LogP contribution in [0.1, 0.15) is 19.9 Å². The highest BCUT2D eigenvalue weighted by Gasteiger charge is 2.16. The molecule has 0 amide bonds. The number of rotatable bonds is 5. The van der Waals surface area contributed by atoms with E-state index in [-0.39, 0.29) is 0 Å². The zero-order valence-electron chi connectivity index (χ0n) is 15.6. The second kappa shape index (κ2) is 6.75. The van der Waals surface area contributed by atoms with Gasteiger partial charge in [-0.05, 0) is 44.2 Å². The third-order valence-electron chi connectivity index (χ3n) is 4.45. The lowest BCUT2D eigenvalue weighted by Gasteiger charge is -2.08. The number of fused-ring (bicyclic) bond motifs is 1. The number of imidazole rings is 1. The van der Waals surface area contributed by atoms with Gasteiger partial charge in [0.1, 0.15) is 11.5 Å². The zero-order chi connectivity index (χ0) is 19.0. The molecule has 0 radical (unpaired) electrons. The Morgan fingerprint density at radius 1 is 1.04 bits per heavy atom. The first-order chi connectivity index (χ1) is 13.1. The molecule has 0 aliphatic carbocycles. The maximum absolute atomic E-state index is 5.49. The molecule has 2 heterocycles. The average Bonchev–Trinajstić information content (AvgIpc) is 3.34. The molecule has 0 aliphatic heterocycles. The van der Waals surface area contributed by atoms with Crippen LogP contribution >= 0.6 is 0 Å². The molecule has 0 atom stereocenters. The summed E-state index contributed by atoms with van der Waals surface area (Å²) in [5, 5.41) is 4.14. The molecule has 4 aromatic rings. The van der Waals surface area contributed by atoms with Crippen LogP contribution in [-0.2, 0) is 0 Å². The van der Waals surface area contributed by atoms with Gasteiger partial charge in [0.05, 0.1) is 37.1 Å². The van der Waals surface area contributed by atoms with Crippen molar-refractivity contribution in [2.75, 3.05) is 14.2 Å². The molecule has 7 nitrogen and oxygen atoms in total. The SMILES string of the molecule is COc1ccc(-c2nc(-c3ccc4ncn(C(C)C)c4c3)no2)c(OC)c1. The quantitative estimate of drug-likeness (QED) is 0.524. The molecule has 138 valence electrons. The van der Waals surface area contributed by atoms with E-state index in [1.54, 1.807) is 20.3 Å². The van der Waals surface area contributed by atoms with Gasteiger partial charge in [-0.25, -0.2) is 4.98 Å². The highest BCUT2D eigenvalue weighted by atomic mass is 16.5. The van der Waals surface area contributed by atoms with Crippen molar-refractivity contribution in [2.45, 2.75) is 19.9 Å². The molecule has 0 spiro atoms. The fraction of sp³-hybridized carbons (Fsp3) is 0.250. The van der Waals surface area contributed by atoms with E-state index in [4.69, 9.17) is 14.0 Å². The number of hydrogen-bond donors (Lipinski definition) is 0. The predicted octanol–water partition coefficient (Wildman–Crippen LogP) is 4.35. The Bertz CT molecular complexity index is 1100. The monoisotopic (exact) mass is 364 g/mol. The number of nitrogens with zero attached hydrogens (tertiary/aromatic N) is 4. The number of hydrogen-bond acceptors (Lipinski definition) is 6. The minimum absolute atomic E-state index is 0.314. The van der Waals surface area contributed by atoms with Crippen molar-refractivity contribution >= 4 is 11.0 Å². The van der Waals surface area contributed by atoms with E-state index in [2.05, 4.69) is 33.5 Å². The minimum Gasteiger partial charge on any atom is -0.497 e. The van der Waals surface area contributed by atoms with Crippen LogP contribution in [0.2, 0.25) is 0 Å². The van der Waals surface area contributed by atoms with Gasteiger partial charge in [0.2, 0.25) is 5.82 Å². The van der Waals surface area contributed by atoms with Gasteiger partial charge >= 0.3 is 0 Å². The summed E-state index contributed by atoms with van der Waals surface area (Å²) in [5.41, 5.74) is 3.56. The summed E-state index contributed by atoms with van der Waals surface area (Å²) in [6, 6.07) is 11.7. The number of aromatic nitrogens is 4. The maximum atomic E-state index is 5.49. The van der Waals surface area contributed by atoms with Gasteiger partial charge < -0.3 is 18.6 Å². The highest BCUT2D eigenvalue weighted by molar-refractivity contribution is 5.81. The molecular formula is C20H20N4O3. The lowest BCUT2D eigenvalue weighted by Crippen LogP contribution is -1.98. The first-order valence-electron chi connectivity index (χ1n) is 8.63. The Morgan fingerprint density at radius 3 is 2.63 bits per heavy atom. The normalized spacial score (nSPS) is 11.3. The van der Waals surface area contributed by atoms with E-state index in [1.165, 1.54) is 0 Å². The lowest BCUT2D eigenvalue weighted by molar-refractivity contribution is 0.391. The maximum Gasteiger partial charge on any atom is 0.262 e. The van der Waals surface area contributed by atoms with Gasteiger partial charge in [0.15, 0.2) is 0 Å².